The molecule has 0 fully saturated rings. The van der Waals surface area contributed by atoms with Gasteiger partial charge in [0.05, 0.1) is 0 Å². The summed E-state index contributed by atoms with van der Waals surface area (Å²) in [5.41, 5.74) is 0. The Morgan fingerprint density at radius 2 is 1.10 bits per heavy atom. The monoisotopic (exact) mass is 209 g/mol. The van der Waals surface area contributed by atoms with Gasteiger partial charge in [0.1, 0.15) is 0 Å². The predicted molar refractivity (Wildman–Crippen MR) is 17.2 cm³/mol. The molecule has 0 aliphatic heterocycles. The number of carbonyl (C=O) groups is 2. The van der Waals surface area contributed by atoms with Gasteiger partial charge in [0.25, 0.3) is 0 Å². The molecule has 0 aromatic heterocycles. The zero-order valence-electron chi connectivity index (χ0n) is 5.83. The molecular weight excluding hydrogens is 207 g/mol. The maximum Gasteiger partial charge on any atom is 2.00 e. The van der Waals surface area contributed by atoms with E-state index in [4.69, 9.17) is 30.0 Å². The summed E-state index contributed by atoms with van der Waals surface area (Å²) in [5.74, 6) is 0. The Labute approximate surface area is 90.1 Å². The zero-order chi connectivity index (χ0) is 7.15. The molecule has 0 aromatic rings. The average molecular weight is 210 g/mol. The van der Waals surface area contributed by atoms with Crippen molar-refractivity contribution >= 4 is 12.3 Å². The summed E-state index contributed by atoms with van der Waals surface area (Å²) in [6.45, 7) is 0. The van der Waals surface area contributed by atoms with Crippen molar-refractivity contribution in [1.82, 2.24) is 0 Å². The molecule has 0 unspecified atom stereocenters. The summed E-state index contributed by atoms with van der Waals surface area (Å²) in [4.78, 5) is 16.9. The van der Waals surface area contributed by atoms with Crippen molar-refractivity contribution in [2.24, 2.45) is 0 Å². The molecule has 10 heavy (non-hydrogen) atoms. The summed E-state index contributed by atoms with van der Waals surface area (Å²) in [7, 11) is 0. The van der Waals surface area contributed by atoms with E-state index >= 15 is 0 Å². The van der Waals surface area contributed by atoms with E-state index < -0.39 is 12.3 Å². The first kappa shape index (κ1) is 22.5. The smallest absolute Gasteiger partial charge is 1.00 e. The van der Waals surface area contributed by atoms with E-state index in [1.807, 2.05) is 0 Å². The van der Waals surface area contributed by atoms with Crippen LogP contribution >= 0.6 is 0 Å². The number of rotatable bonds is 0. The molecule has 0 atom stereocenters. The Morgan fingerprint density at radius 1 is 1.10 bits per heavy atom. The molecule has 0 saturated heterocycles. The van der Waals surface area contributed by atoms with Crippen LogP contribution < -0.4 is 39.8 Å². The predicted octanol–water partition coefficient (Wildman–Crippen LogP) is -5.11. The molecule has 0 rings (SSSR count). The molecule has 0 amide bonds. The molecule has 59 valence electrons. The number of hydrogen-bond acceptors (Lipinski definition) is 4. The van der Waals surface area contributed by atoms with Crippen molar-refractivity contribution < 1.29 is 78.1 Å². The van der Waals surface area contributed by atoms with Crippen molar-refractivity contribution in [3.05, 3.63) is 0 Å². The minimum absolute atomic E-state index is 0. The summed E-state index contributed by atoms with van der Waals surface area (Å²) >= 11 is 0. The van der Waals surface area contributed by atoms with Crippen LogP contribution in [-0.2, 0) is 17.1 Å². The van der Waals surface area contributed by atoms with Crippen LogP contribution in [0, 0.1) is 0 Å². The number of carboxylic acid groups (broad SMARTS) is 4. The molecule has 1 radical (unpaired) electrons. The molecule has 0 aliphatic carbocycles. The summed E-state index contributed by atoms with van der Waals surface area (Å²) in [5, 5.41) is 30.6. The fourth-order valence-corrected chi connectivity index (χ4v) is 0. The van der Waals surface area contributed by atoms with Gasteiger partial charge in [-0.25, -0.2) is 0 Å². The van der Waals surface area contributed by atoms with Crippen molar-refractivity contribution in [3.8, 4) is 0 Å². The normalized spacial score (nSPS) is 4.80. The molecule has 0 saturated carbocycles. The van der Waals surface area contributed by atoms with E-state index in [0.717, 1.165) is 0 Å². The van der Waals surface area contributed by atoms with E-state index in [1.165, 1.54) is 0 Å². The van der Waals surface area contributed by atoms with Gasteiger partial charge in [-0.05, 0) is 0 Å². The van der Waals surface area contributed by atoms with Gasteiger partial charge in [0.15, 0.2) is 0 Å². The Bertz CT molecular complexity index is 78.6. The van der Waals surface area contributed by atoms with Crippen molar-refractivity contribution in [2.45, 2.75) is 0 Å². The van der Waals surface area contributed by atoms with Crippen LogP contribution in [0.3, 0.4) is 0 Å². The first-order chi connectivity index (χ1) is 3.46. The Hall–Kier alpha value is 0.0595. The van der Waals surface area contributed by atoms with E-state index in [0.29, 0.717) is 0 Å². The van der Waals surface area contributed by atoms with E-state index in [2.05, 4.69) is 0 Å². The van der Waals surface area contributed by atoms with Crippen LogP contribution in [0.15, 0.2) is 0 Å². The molecule has 0 aliphatic rings. The summed E-state index contributed by atoms with van der Waals surface area (Å²) in [6.07, 6.45) is -4.17. The molecule has 0 bridgehead atoms. The molecule has 6 nitrogen and oxygen atoms in total. The Morgan fingerprint density at radius 3 is 1.10 bits per heavy atom. The van der Waals surface area contributed by atoms with Crippen LogP contribution in [0.4, 0.5) is 9.59 Å². The van der Waals surface area contributed by atoms with Crippen molar-refractivity contribution in [3.63, 3.8) is 0 Å². The van der Waals surface area contributed by atoms with Crippen LogP contribution in [0.1, 0.15) is 1.43 Å². The Kier molecular flexibility index (Phi) is 36.0. The SMILES string of the molecule is O=C([O-])O.O=C([O-])O.[Cu+2].[H-].[Na+]. The first-order valence-corrected chi connectivity index (χ1v) is 1.26. The van der Waals surface area contributed by atoms with E-state index in [9.17, 15) is 0 Å². The van der Waals surface area contributed by atoms with Crippen LogP contribution in [-0.4, -0.2) is 22.5 Å². The topological polar surface area (TPSA) is 121 Å². The minimum atomic E-state index is -2.08. The van der Waals surface area contributed by atoms with Crippen LogP contribution in [0.5, 0.6) is 0 Å². The first-order valence-electron chi connectivity index (χ1n) is 1.26. The molecule has 0 spiro atoms. The third-order valence-electron chi connectivity index (χ3n) is 0. The van der Waals surface area contributed by atoms with Gasteiger partial charge in [0.2, 0.25) is 12.3 Å². The quantitative estimate of drug-likeness (QED) is 0.385. The van der Waals surface area contributed by atoms with Gasteiger partial charge >= 0.3 is 46.6 Å². The third kappa shape index (κ3) is 114000. The van der Waals surface area contributed by atoms with E-state index in [-0.39, 0.29) is 48.1 Å². The van der Waals surface area contributed by atoms with Crippen LogP contribution in [0.2, 0.25) is 0 Å². The maximum atomic E-state index is 8.44. The van der Waals surface area contributed by atoms with Gasteiger partial charge in [-0.1, -0.05) is 0 Å². The van der Waals surface area contributed by atoms with E-state index in [1.54, 1.807) is 0 Å². The summed E-state index contributed by atoms with van der Waals surface area (Å²) in [6, 6.07) is 0. The van der Waals surface area contributed by atoms with Crippen molar-refractivity contribution in [1.29, 1.82) is 0 Å². The van der Waals surface area contributed by atoms with Gasteiger partial charge < -0.3 is 31.4 Å². The zero-order valence-corrected chi connectivity index (χ0v) is 7.77. The third-order valence-corrected chi connectivity index (χ3v) is 0. The fraction of sp³-hybridized carbons (Fsp3) is 0. The fourth-order valence-electron chi connectivity index (χ4n) is 0. The molecule has 8 heteroatoms. The molecule has 2 N–H and O–H groups in total. The maximum absolute atomic E-state index is 8.44. The largest absolute Gasteiger partial charge is 2.00 e. The van der Waals surface area contributed by atoms with Gasteiger partial charge in [0, 0.05) is 0 Å². The Balaban J connectivity index is -0.0000000171. The van der Waals surface area contributed by atoms with Crippen LogP contribution in [0.25, 0.3) is 0 Å². The molecule has 0 heterocycles. The standard InChI is InChI=1S/2CH2O3.Cu.Na.H/c2*2-1(3)4;;;/h2*(H2,2,3,4);;;/q;;+2;+1;-1/p-2. The second kappa shape index (κ2) is 16.0. The second-order valence-corrected chi connectivity index (χ2v) is 0.532. The van der Waals surface area contributed by atoms with Gasteiger partial charge in [-0.3, -0.25) is 0 Å². The second-order valence-electron chi connectivity index (χ2n) is 0.532. The summed E-state index contributed by atoms with van der Waals surface area (Å²) < 4.78 is 0. The average Bonchev–Trinajstić information content (AvgIpc) is 1.25. The van der Waals surface area contributed by atoms with Crippen molar-refractivity contribution in [2.75, 3.05) is 0 Å². The van der Waals surface area contributed by atoms with Gasteiger partial charge in [-0.2, -0.15) is 0 Å². The molecular formula is C2H3CuNaO6. The minimum Gasteiger partial charge on any atom is -1.00 e. The molecule has 0 aromatic carbocycles. The number of hydrogen-bond donors (Lipinski definition) is 2. The van der Waals surface area contributed by atoms with Gasteiger partial charge in [-0.15, -0.1) is 0 Å².